The Labute approximate surface area is 527 Å². The lowest BCUT2D eigenvalue weighted by atomic mass is 10.0. The first-order valence-corrected chi connectivity index (χ1v) is 38.9. The van der Waals surface area contributed by atoms with Crippen LogP contribution >= 0.6 is 0 Å². The van der Waals surface area contributed by atoms with Crippen molar-refractivity contribution >= 4 is 11.9 Å². The quantitative estimate of drug-likeness (QED) is 0.0320. The zero-order valence-corrected chi connectivity index (χ0v) is 57.4. The van der Waals surface area contributed by atoms with Gasteiger partial charge in [0.05, 0.1) is 25.4 Å². The Kier molecular flexibility index (Phi) is 72.8. The second kappa shape index (κ2) is 74.1. The monoisotopic (exact) mass is 1180 g/mol. The van der Waals surface area contributed by atoms with Crippen LogP contribution < -0.4 is 5.32 Å². The van der Waals surface area contributed by atoms with Crippen molar-refractivity contribution in [2.24, 2.45) is 0 Å². The van der Waals surface area contributed by atoms with Gasteiger partial charge in [-0.05, 0) is 44.9 Å². The molecule has 0 aromatic heterocycles. The van der Waals surface area contributed by atoms with Gasteiger partial charge in [0, 0.05) is 12.8 Å². The molecule has 0 aliphatic rings. The first kappa shape index (κ1) is 82.6. The van der Waals surface area contributed by atoms with Gasteiger partial charge in [-0.25, -0.2) is 0 Å². The van der Waals surface area contributed by atoms with Gasteiger partial charge in [-0.1, -0.05) is 405 Å². The summed E-state index contributed by atoms with van der Waals surface area (Å²) in [4.78, 5) is 24.6. The number of aliphatic hydroxyl groups excluding tert-OH is 2. The van der Waals surface area contributed by atoms with Crippen molar-refractivity contribution in [2.75, 3.05) is 13.2 Å². The lowest BCUT2D eigenvalue weighted by molar-refractivity contribution is -0.143. The van der Waals surface area contributed by atoms with E-state index < -0.39 is 12.1 Å². The third-order valence-corrected chi connectivity index (χ3v) is 18.6. The van der Waals surface area contributed by atoms with E-state index in [0.717, 1.165) is 44.9 Å². The van der Waals surface area contributed by atoms with E-state index in [0.29, 0.717) is 25.9 Å². The molecule has 6 heteroatoms. The molecule has 0 fully saturated rings. The number of aliphatic hydroxyl groups is 2. The van der Waals surface area contributed by atoms with Crippen LogP contribution in [0, 0.1) is 0 Å². The van der Waals surface area contributed by atoms with Gasteiger partial charge in [0.25, 0.3) is 0 Å². The highest BCUT2D eigenvalue weighted by atomic mass is 16.5. The van der Waals surface area contributed by atoms with Gasteiger partial charge >= 0.3 is 5.97 Å². The average Bonchev–Trinajstić information content (AvgIpc) is 3.51. The lowest BCUT2D eigenvalue weighted by Crippen LogP contribution is -2.45. The maximum atomic E-state index is 12.6. The van der Waals surface area contributed by atoms with Crippen LogP contribution in [-0.4, -0.2) is 47.4 Å². The van der Waals surface area contributed by atoms with E-state index in [-0.39, 0.29) is 18.5 Å². The van der Waals surface area contributed by atoms with Crippen LogP contribution in [0.5, 0.6) is 0 Å². The zero-order chi connectivity index (χ0) is 60.6. The minimum atomic E-state index is -0.662. The minimum Gasteiger partial charge on any atom is -0.466 e. The number of unbranched alkanes of at least 4 members (excludes halogenated alkanes) is 61. The summed E-state index contributed by atoms with van der Waals surface area (Å²) in [6.45, 7) is 4.97. The molecule has 0 rings (SSSR count). The highest BCUT2D eigenvalue weighted by Crippen LogP contribution is 2.20. The molecular formula is C78H153NO5. The highest BCUT2D eigenvalue weighted by Gasteiger charge is 2.20. The Morgan fingerprint density at radius 3 is 0.881 bits per heavy atom. The fourth-order valence-corrected chi connectivity index (χ4v) is 12.6. The molecule has 0 aliphatic heterocycles. The van der Waals surface area contributed by atoms with E-state index in [9.17, 15) is 19.8 Å². The van der Waals surface area contributed by atoms with Gasteiger partial charge in [-0.3, -0.25) is 9.59 Å². The van der Waals surface area contributed by atoms with Crippen LogP contribution in [-0.2, 0) is 14.3 Å². The second-order valence-corrected chi connectivity index (χ2v) is 27.0. The fraction of sp³-hybridized carbons (Fsp3) is 0.949. The number of ether oxygens (including phenoxy) is 1. The number of hydrogen-bond donors (Lipinski definition) is 3. The molecule has 6 nitrogen and oxygen atoms in total. The molecule has 0 aromatic carbocycles. The molecule has 3 N–H and O–H groups in total. The Morgan fingerprint density at radius 2 is 0.571 bits per heavy atom. The third kappa shape index (κ3) is 69.7. The van der Waals surface area contributed by atoms with Crippen molar-refractivity contribution in [3.63, 3.8) is 0 Å². The molecule has 1 amide bonds. The summed E-state index contributed by atoms with van der Waals surface area (Å²) in [5, 5.41) is 23.5. The molecule has 0 saturated carbocycles. The van der Waals surface area contributed by atoms with Gasteiger partial charge in [0.15, 0.2) is 0 Å². The number of rotatable bonds is 74. The summed E-state index contributed by atoms with van der Waals surface area (Å²) in [5.41, 5.74) is 0. The smallest absolute Gasteiger partial charge is 0.305 e. The molecule has 500 valence electrons. The van der Waals surface area contributed by atoms with E-state index in [1.165, 1.54) is 372 Å². The molecular weight excluding hydrogens is 1030 g/mol. The van der Waals surface area contributed by atoms with Gasteiger partial charge in [-0.15, -0.1) is 0 Å². The number of hydrogen-bond acceptors (Lipinski definition) is 5. The largest absolute Gasteiger partial charge is 0.466 e. The SMILES string of the molecule is CCCC/C=C\CCCCCCCC(=O)OCCCCCCCCCCCCCCCCCCCCCCCCCCCCCCCCCCCC(=O)NC(CO)C(O)CCCCCCCCCCCCCCCCCCCCCCCCC. The van der Waals surface area contributed by atoms with E-state index in [1.54, 1.807) is 0 Å². The standard InChI is InChI=1S/C78H153NO5/c1-3-5-7-9-11-13-15-16-17-18-19-20-32-35-38-41-44-47-51-54-58-62-66-70-76(81)75(74-80)79-77(82)71-67-63-59-55-52-48-45-42-39-36-33-30-28-26-24-22-21-23-25-27-29-31-34-37-40-43-46-49-53-57-61-65-69-73-84-78(83)72-68-64-60-56-50-14-12-10-8-6-4-2/h10,12,75-76,80-81H,3-9,11,13-74H2,1-2H3,(H,79,82)/b12-10-. The predicted octanol–water partition coefficient (Wildman–Crippen LogP) is 25.5. The zero-order valence-electron chi connectivity index (χ0n) is 57.4. The molecule has 0 spiro atoms. The summed E-state index contributed by atoms with van der Waals surface area (Å²) < 4.78 is 5.47. The molecule has 0 radical (unpaired) electrons. The summed E-state index contributed by atoms with van der Waals surface area (Å²) in [6.07, 6.45) is 93.1. The Morgan fingerprint density at radius 1 is 0.321 bits per heavy atom. The number of esters is 1. The number of carbonyl (C=O) groups excluding carboxylic acids is 2. The van der Waals surface area contributed by atoms with E-state index in [2.05, 4.69) is 31.3 Å². The van der Waals surface area contributed by atoms with E-state index in [4.69, 9.17) is 4.74 Å². The Hall–Kier alpha value is -1.40. The maximum absolute atomic E-state index is 12.6. The van der Waals surface area contributed by atoms with Crippen molar-refractivity contribution in [3.8, 4) is 0 Å². The molecule has 0 bridgehead atoms. The van der Waals surface area contributed by atoms with Crippen molar-refractivity contribution in [2.45, 2.75) is 463 Å². The Balaban J connectivity index is 3.32. The topological polar surface area (TPSA) is 95.9 Å². The van der Waals surface area contributed by atoms with Crippen LogP contribution in [0.15, 0.2) is 12.2 Å². The highest BCUT2D eigenvalue weighted by molar-refractivity contribution is 5.76. The van der Waals surface area contributed by atoms with Crippen molar-refractivity contribution in [1.29, 1.82) is 0 Å². The maximum Gasteiger partial charge on any atom is 0.305 e. The minimum absolute atomic E-state index is 0.0116. The van der Waals surface area contributed by atoms with Crippen LogP contribution in [0.2, 0.25) is 0 Å². The summed E-state index contributed by atoms with van der Waals surface area (Å²) in [6, 6.07) is -0.538. The van der Waals surface area contributed by atoms with Gasteiger partial charge in [-0.2, -0.15) is 0 Å². The van der Waals surface area contributed by atoms with Crippen LogP contribution in [0.1, 0.15) is 450 Å². The van der Waals surface area contributed by atoms with Crippen molar-refractivity contribution in [1.82, 2.24) is 5.32 Å². The molecule has 0 heterocycles. The van der Waals surface area contributed by atoms with E-state index >= 15 is 0 Å². The first-order valence-electron chi connectivity index (χ1n) is 38.9. The summed E-state index contributed by atoms with van der Waals surface area (Å²) in [7, 11) is 0. The molecule has 0 aromatic rings. The van der Waals surface area contributed by atoms with Crippen molar-refractivity contribution in [3.05, 3.63) is 12.2 Å². The van der Waals surface area contributed by atoms with Gasteiger partial charge < -0.3 is 20.3 Å². The summed E-state index contributed by atoms with van der Waals surface area (Å²) in [5.74, 6) is -0.0126. The predicted molar refractivity (Wildman–Crippen MR) is 370 cm³/mol. The van der Waals surface area contributed by atoms with Crippen LogP contribution in [0.4, 0.5) is 0 Å². The van der Waals surface area contributed by atoms with E-state index in [1.807, 2.05) is 0 Å². The average molecular weight is 1190 g/mol. The molecule has 0 aliphatic carbocycles. The lowest BCUT2D eigenvalue weighted by Gasteiger charge is -2.22. The molecule has 84 heavy (non-hydrogen) atoms. The van der Waals surface area contributed by atoms with Gasteiger partial charge in [0.2, 0.25) is 5.91 Å². The number of allylic oxidation sites excluding steroid dienone is 2. The second-order valence-electron chi connectivity index (χ2n) is 27.0. The molecule has 2 unspecified atom stereocenters. The molecule has 0 saturated heterocycles. The fourth-order valence-electron chi connectivity index (χ4n) is 12.6. The normalized spacial score (nSPS) is 12.5. The molecule has 2 atom stereocenters. The van der Waals surface area contributed by atoms with Crippen LogP contribution in [0.3, 0.4) is 0 Å². The van der Waals surface area contributed by atoms with Crippen molar-refractivity contribution < 1.29 is 24.5 Å². The number of nitrogens with one attached hydrogen (secondary N) is 1. The van der Waals surface area contributed by atoms with Crippen LogP contribution in [0.25, 0.3) is 0 Å². The number of amides is 1. The third-order valence-electron chi connectivity index (χ3n) is 18.6. The number of carbonyl (C=O) groups is 2. The van der Waals surface area contributed by atoms with Gasteiger partial charge in [0.1, 0.15) is 0 Å². The Bertz CT molecular complexity index is 1270. The first-order chi connectivity index (χ1) is 41.5. The summed E-state index contributed by atoms with van der Waals surface area (Å²) >= 11 is 0.